The third-order valence-corrected chi connectivity index (χ3v) is 8.33. The van der Waals surface area contributed by atoms with Gasteiger partial charge in [0.05, 0.1) is 10.7 Å². The number of rotatable bonds is 4. The predicted octanol–water partition coefficient (Wildman–Crippen LogP) is 1.49. The Morgan fingerprint density at radius 1 is 1.41 bits per heavy atom. The summed E-state index contributed by atoms with van der Waals surface area (Å²) in [6, 6.07) is 0. The molecule has 0 aromatic rings. The van der Waals surface area contributed by atoms with Gasteiger partial charge in [0, 0.05) is 11.0 Å². The van der Waals surface area contributed by atoms with Crippen LogP contribution in [0.5, 0.6) is 0 Å². The van der Waals surface area contributed by atoms with Crippen molar-refractivity contribution >= 4 is 39.6 Å². The van der Waals surface area contributed by atoms with Crippen molar-refractivity contribution in [2.45, 2.75) is 46.4 Å². The van der Waals surface area contributed by atoms with Gasteiger partial charge >= 0.3 is 21.3 Å². The lowest BCUT2D eigenvalue weighted by atomic mass is 9.96. The topological polar surface area (TPSA) is 101 Å². The van der Waals surface area contributed by atoms with E-state index in [4.69, 9.17) is 9.29 Å². The van der Waals surface area contributed by atoms with Crippen LogP contribution in [-0.4, -0.2) is 57.1 Å². The van der Waals surface area contributed by atoms with Gasteiger partial charge in [-0.25, -0.2) is 4.79 Å². The van der Waals surface area contributed by atoms with Gasteiger partial charge in [-0.3, -0.25) is 4.55 Å². The fraction of sp³-hybridized carbons (Fsp3) is 0.909. The van der Waals surface area contributed by atoms with E-state index in [2.05, 4.69) is 0 Å². The van der Waals surface area contributed by atoms with E-state index in [9.17, 15) is 27.1 Å². The second-order valence-electron chi connectivity index (χ2n) is 5.18. The number of carbonyl (C=O) groups is 1. The monoisotopic (exact) mass is 378 g/mol. The fourth-order valence-electron chi connectivity index (χ4n) is 2.51. The molecule has 1 aliphatic heterocycles. The number of halogens is 2. The van der Waals surface area contributed by atoms with Crippen LogP contribution < -0.4 is 0 Å². The molecule has 0 bridgehead atoms. The molecule has 2 aliphatic rings. The molecule has 1 spiro atoms. The van der Waals surface area contributed by atoms with Crippen LogP contribution in [0.4, 0.5) is 8.78 Å². The van der Waals surface area contributed by atoms with E-state index in [-0.39, 0.29) is 11.9 Å². The van der Waals surface area contributed by atoms with Crippen LogP contribution in [0.1, 0.15) is 25.7 Å². The molecule has 2 N–H and O–H groups in total. The molecule has 3 atom stereocenters. The van der Waals surface area contributed by atoms with Crippen LogP contribution in [0.25, 0.3) is 0 Å². The first kappa shape index (κ1) is 18.2. The first-order chi connectivity index (χ1) is 10.1. The van der Waals surface area contributed by atoms with Crippen LogP contribution in [0, 0.1) is 0 Å². The summed E-state index contributed by atoms with van der Waals surface area (Å²) in [4.78, 5) is 11.5. The van der Waals surface area contributed by atoms with Gasteiger partial charge < -0.3 is 9.84 Å². The molecule has 0 radical (unpaired) electrons. The molecule has 2 fully saturated rings. The van der Waals surface area contributed by atoms with Gasteiger partial charge in [-0.15, -0.1) is 23.5 Å². The number of hydrogen-bond acceptors (Lipinski definition) is 7. The molecule has 128 valence electrons. The van der Waals surface area contributed by atoms with Gasteiger partial charge in [-0.1, -0.05) is 6.42 Å². The molecule has 1 aliphatic carbocycles. The summed E-state index contributed by atoms with van der Waals surface area (Å²) in [6.45, 7) is -0.0682. The minimum Gasteiger partial charge on any atom is -0.455 e. The minimum atomic E-state index is -5.86. The van der Waals surface area contributed by atoms with Crippen molar-refractivity contribution in [1.29, 1.82) is 0 Å². The summed E-state index contributed by atoms with van der Waals surface area (Å²) in [5.74, 6) is -1.65. The van der Waals surface area contributed by atoms with Crippen molar-refractivity contribution in [3.63, 3.8) is 0 Å². The van der Waals surface area contributed by atoms with E-state index >= 15 is 0 Å². The lowest BCUT2D eigenvalue weighted by Gasteiger charge is -2.39. The quantitative estimate of drug-likeness (QED) is 0.561. The third-order valence-electron chi connectivity index (χ3n) is 3.63. The number of alkyl halides is 2. The number of ether oxygens (including phenoxy) is 1. The maximum absolute atomic E-state index is 13.3. The molecule has 1 saturated carbocycles. The van der Waals surface area contributed by atoms with Crippen molar-refractivity contribution in [2.75, 3.05) is 12.4 Å². The number of thioether (sulfide) groups is 2. The zero-order valence-electron chi connectivity index (χ0n) is 11.4. The highest BCUT2D eigenvalue weighted by atomic mass is 32.2. The van der Waals surface area contributed by atoms with Gasteiger partial charge in [0.2, 0.25) is 0 Å². The number of aliphatic hydroxyl groups is 1. The molecule has 2 rings (SSSR count). The Morgan fingerprint density at radius 2 is 2.09 bits per heavy atom. The maximum atomic E-state index is 13.3. The Hall–Kier alpha value is -0.100. The first-order valence-electron chi connectivity index (χ1n) is 6.61. The van der Waals surface area contributed by atoms with Gasteiger partial charge in [0.25, 0.3) is 0 Å². The normalized spacial score (nSPS) is 33.1. The Bertz CT molecular complexity index is 540. The second kappa shape index (κ2) is 6.42. The molecule has 6 nitrogen and oxygen atoms in total. The molecule has 1 saturated heterocycles. The first-order valence-corrected chi connectivity index (χ1v) is 9.91. The number of aliphatic hydroxyl groups excluding tert-OH is 1. The predicted molar refractivity (Wildman–Crippen MR) is 78.5 cm³/mol. The second-order valence-corrected chi connectivity index (χ2v) is 9.88. The van der Waals surface area contributed by atoms with E-state index in [1.54, 1.807) is 0 Å². The highest BCUT2D eigenvalue weighted by molar-refractivity contribution is 8.21. The van der Waals surface area contributed by atoms with E-state index in [0.717, 1.165) is 6.42 Å². The van der Waals surface area contributed by atoms with Crippen molar-refractivity contribution in [1.82, 2.24) is 0 Å². The van der Waals surface area contributed by atoms with Crippen LogP contribution in [0.15, 0.2) is 0 Å². The lowest BCUT2D eigenvalue weighted by Crippen LogP contribution is -2.46. The van der Waals surface area contributed by atoms with Crippen LogP contribution in [0.2, 0.25) is 0 Å². The highest BCUT2D eigenvalue weighted by Gasteiger charge is 2.57. The summed E-state index contributed by atoms with van der Waals surface area (Å²) in [6.07, 6.45) is 1.58. The Kier molecular flexibility index (Phi) is 5.32. The van der Waals surface area contributed by atoms with Crippen molar-refractivity contribution in [2.24, 2.45) is 0 Å². The molecule has 0 aromatic carbocycles. The number of esters is 1. The molecule has 0 aromatic heterocycles. The summed E-state index contributed by atoms with van der Waals surface area (Å²) in [7, 11) is -5.86. The Balaban J connectivity index is 2.15. The summed E-state index contributed by atoms with van der Waals surface area (Å²) in [5, 5.41) is 4.16. The maximum Gasteiger partial charge on any atom is 0.465 e. The van der Waals surface area contributed by atoms with E-state index in [1.807, 2.05) is 0 Å². The molecule has 3 unspecified atom stereocenters. The molecule has 1 heterocycles. The van der Waals surface area contributed by atoms with Crippen LogP contribution in [-0.2, 0) is 19.6 Å². The van der Waals surface area contributed by atoms with E-state index in [1.165, 1.54) is 23.5 Å². The third kappa shape index (κ3) is 3.37. The van der Waals surface area contributed by atoms with Crippen molar-refractivity contribution in [3.8, 4) is 0 Å². The average molecular weight is 378 g/mol. The van der Waals surface area contributed by atoms with Crippen molar-refractivity contribution in [3.05, 3.63) is 0 Å². The smallest absolute Gasteiger partial charge is 0.455 e. The van der Waals surface area contributed by atoms with E-state index in [0.29, 0.717) is 25.0 Å². The van der Waals surface area contributed by atoms with Gasteiger partial charge in [-0.05, 0) is 19.3 Å². The van der Waals surface area contributed by atoms with Gasteiger partial charge in [0.15, 0.2) is 0 Å². The average Bonchev–Trinajstić information content (AvgIpc) is 2.84. The molecule has 22 heavy (non-hydrogen) atoms. The SMILES string of the molecule is O=C(OC1CCCCC12SCC(CO)S2)C(F)(F)S(=O)(=O)O. The zero-order valence-corrected chi connectivity index (χ0v) is 13.9. The largest absolute Gasteiger partial charge is 0.465 e. The molecule has 0 amide bonds. The van der Waals surface area contributed by atoms with Gasteiger partial charge in [-0.2, -0.15) is 17.2 Å². The summed E-state index contributed by atoms with van der Waals surface area (Å²) in [5.41, 5.74) is 0. The summed E-state index contributed by atoms with van der Waals surface area (Å²) < 4.78 is 60.5. The molecule has 11 heteroatoms. The number of hydrogen-bond donors (Lipinski definition) is 2. The lowest BCUT2D eigenvalue weighted by molar-refractivity contribution is -0.168. The Labute approximate surface area is 135 Å². The molecular formula is C11H16F2O6S3. The fourth-order valence-corrected chi connectivity index (χ4v) is 6.56. The van der Waals surface area contributed by atoms with E-state index < -0.39 is 31.5 Å². The standard InChI is InChI=1S/C11H16F2O6S3/c12-11(13,22(16,17)18)9(15)19-8-3-1-2-4-10(8)20-6-7(5-14)21-10/h7-8,14H,1-6H2,(H,16,17,18). The van der Waals surface area contributed by atoms with Gasteiger partial charge in [0.1, 0.15) is 6.10 Å². The Morgan fingerprint density at radius 3 is 2.64 bits per heavy atom. The van der Waals surface area contributed by atoms with Crippen LogP contribution >= 0.6 is 23.5 Å². The zero-order chi connectivity index (χ0) is 16.6. The van der Waals surface area contributed by atoms with Crippen LogP contribution in [0.3, 0.4) is 0 Å². The van der Waals surface area contributed by atoms with Crippen molar-refractivity contribution < 1.29 is 36.4 Å². The minimum absolute atomic E-state index is 0.0682. The summed E-state index contributed by atoms with van der Waals surface area (Å²) >= 11 is 2.82. The number of carbonyl (C=O) groups excluding carboxylic acids is 1. The molecular weight excluding hydrogens is 362 g/mol. The highest BCUT2D eigenvalue weighted by Crippen LogP contribution is 2.56.